The number of aryl methyl sites for hydroxylation is 1. The molecular formula is C15H21BrO4. The van der Waals surface area contributed by atoms with Crippen LogP contribution in [0.4, 0.5) is 0 Å². The molecule has 0 saturated heterocycles. The molecule has 0 amide bonds. The summed E-state index contributed by atoms with van der Waals surface area (Å²) in [6.45, 7) is 3.92. The van der Waals surface area contributed by atoms with Gasteiger partial charge in [-0.05, 0) is 51.9 Å². The number of carboxylic acid groups (broad SMARTS) is 1. The Kier molecular flexibility index (Phi) is 5.87. The van der Waals surface area contributed by atoms with Gasteiger partial charge in [-0.1, -0.05) is 13.8 Å². The average Bonchev–Trinajstić information content (AvgIpc) is 2.35. The molecule has 4 nitrogen and oxygen atoms in total. The van der Waals surface area contributed by atoms with E-state index in [1.54, 1.807) is 14.2 Å². The predicted molar refractivity (Wildman–Crippen MR) is 81.6 cm³/mol. The summed E-state index contributed by atoms with van der Waals surface area (Å²) in [5, 5.41) is 8.91. The van der Waals surface area contributed by atoms with E-state index in [0.29, 0.717) is 0 Å². The molecule has 1 aromatic carbocycles. The van der Waals surface area contributed by atoms with E-state index in [2.05, 4.69) is 15.9 Å². The molecule has 1 N–H and O–H groups in total. The molecule has 0 fully saturated rings. The third kappa shape index (κ3) is 4.71. The van der Waals surface area contributed by atoms with Crippen LogP contribution in [-0.4, -0.2) is 25.3 Å². The molecule has 20 heavy (non-hydrogen) atoms. The van der Waals surface area contributed by atoms with Gasteiger partial charge in [-0.2, -0.15) is 0 Å². The van der Waals surface area contributed by atoms with Crippen molar-refractivity contribution in [2.24, 2.45) is 5.41 Å². The first-order valence-corrected chi connectivity index (χ1v) is 7.20. The van der Waals surface area contributed by atoms with E-state index in [0.717, 1.165) is 34.4 Å². The van der Waals surface area contributed by atoms with E-state index in [-0.39, 0.29) is 11.8 Å². The second kappa shape index (κ2) is 6.97. The summed E-state index contributed by atoms with van der Waals surface area (Å²) in [6.07, 6.45) is 1.66. The Morgan fingerprint density at radius 2 is 1.85 bits per heavy atom. The van der Waals surface area contributed by atoms with Crippen LogP contribution in [0.5, 0.6) is 11.5 Å². The quantitative estimate of drug-likeness (QED) is 0.814. The van der Waals surface area contributed by atoms with E-state index in [1.165, 1.54) is 0 Å². The fourth-order valence-electron chi connectivity index (χ4n) is 2.09. The standard InChI is InChI=1S/C15H21BrO4/c1-15(2,9-14(17)18)6-5-10-7-13(20-4)11(16)8-12(10)19-3/h7-8H,5-6,9H2,1-4H3,(H,17,18). The smallest absolute Gasteiger partial charge is 0.303 e. The summed E-state index contributed by atoms with van der Waals surface area (Å²) in [5.41, 5.74) is 0.767. The molecule has 5 heteroatoms. The zero-order valence-electron chi connectivity index (χ0n) is 12.3. The molecule has 0 aromatic heterocycles. The molecule has 0 atom stereocenters. The van der Waals surface area contributed by atoms with E-state index in [4.69, 9.17) is 14.6 Å². The van der Waals surface area contributed by atoms with E-state index < -0.39 is 5.97 Å². The highest BCUT2D eigenvalue weighted by Crippen LogP contribution is 2.35. The van der Waals surface area contributed by atoms with Crippen molar-refractivity contribution in [2.75, 3.05) is 14.2 Å². The van der Waals surface area contributed by atoms with Gasteiger partial charge < -0.3 is 14.6 Å². The number of halogens is 1. The van der Waals surface area contributed by atoms with Crippen molar-refractivity contribution in [1.82, 2.24) is 0 Å². The summed E-state index contributed by atoms with van der Waals surface area (Å²) in [5.74, 6) is 0.760. The molecule has 0 aliphatic heterocycles. The first-order valence-electron chi connectivity index (χ1n) is 6.41. The van der Waals surface area contributed by atoms with Crippen LogP contribution in [0, 0.1) is 5.41 Å². The molecule has 0 heterocycles. The van der Waals surface area contributed by atoms with E-state index in [1.807, 2.05) is 26.0 Å². The highest BCUT2D eigenvalue weighted by molar-refractivity contribution is 9.10. The Labute approximate surface area is 128 Å². The number of benzene rings is 1. The second-order valence-electron chi connectivity index (χ2n) is 5.53. The molecule has 0 saturated carbocycles. The van der Waals surface area contributed by atoms with Crippen molar-refractivity contribution in [2.45, 2.75) is 33.1 Å². The van der Waals surface area contributed by atoms with Crippen LogP contribution >= 0.6 is 15.9 Å². The highest BCUT2D eigenvalue weighted by atomic mass is 79.9. The summed E-state index contributed by atoms with van der Waals surface area (Å²) in [6, 6.07) is 3.80. The van der Waals surface area contributed by atoms with Crippen LogP contribution in [0.1, 0.15) is 32.3 Å². The maximum atomic E-state index is 10.8. The number of hydrogen-bond acceptors (Lipinski definition) is 3. The molecule has 0 radical (unpaired) electrons. The molecule has 1 aromatic rings. The number of carbonyl (C=O) groups is 1. The lowest BCUT2D eigenvalue weighted by atomic mass is 9.83. The molecule has 0 aliphatic carbocycles. The van der Waals surface area contributed by atoms with Gasteiger partial charge in [-0.3, -0.25) is 4.79 Å². The van der Waals surface area contributed by atoms with Crippen LogP contribution in [0.15, 0.2) is 16.6 Å². The predicted octanol–water partition coefficient (Wildman–Crippen LogP) is 3.90. The van der Waals surface area contributed by atoms with Gasteiger partial charge in [0.25, 0.3) is 0 Å². The summed E-state index contributed by atoms with van der Waals surface area (Å²) in [7, 11) is 3.24. The zero-order chi connectivity index (χ0) is 15.3. The minimum atomic E-state index is -0.768. The van der Waals surface area contributed by atoms with Crippen LogP contribution in [0.25, 0.3) is 0 Å². The molecule has 0 aliphatic rings. The van der Waals surface area contributed by atoms with Crippen molar-refractivity contribution in [3.8, 4) is 11.5 Å². The summed E-state index contributed by atoms with van der Waals surface area (Å²) >= 11 is 3.42. The number of ether oxygens (including phenoxy) is 2. The fourth-order valence-corrected chi connectivity index (χ4v) is 2.57. The topological polar surface area (TPSA) is 55.8 Å². The van der Waals surface area contributed by atoms with Gasteiger partial charge in [-0.25, -0.2) is 0 Å². The lowest BCUT2D eigenvalue weighted by molar-refractivity contribution is -0.139. The largest absolute Gasteiger partial charge is 0.496 e. The van der Waals surface area contributed by atoms with Crippen molar-refractivity contribution in [3.05, 3.63) is 22.2 Å². The van der Waals surface area contributed by atoms with Gasteiger partial charge >= 0.3 is 5.97 Å². The first kappa shape index (κ1) is 16.8. The third-order valence-electron chi connectivity index (χ3n) is 3.26. The lowest BCUT2D eigenvalue weighted by Gasteiger charge is -2.23. The Morgan fingerprint density at radius 3 is 2.35 bits per heavy atom. The van der Waals surface area contributed by atoms with Crippen molar-refractivity contribution in [3.63, 3.8) is 0 Å². The maximum absolute atomic E-state index is 10.8. The van der Waals surface area contributed by atoms with Crippen LogP contribution in [0.3, 0.4) is 0 Å². The number of aliphatic carboxylic acids is 1. The van der Waals surface area contributed by atoms with Gasteiger partial charge in [0, 0.05) is 0 Å². The number of rotatable bonds is 7. The molecule has 0 unspecified atom stereocenters. The van der Waals surface area contributed by atoms with Gasteiger partial charge in [0.15, 0.2) is 0 Å². The zero-order valence-corrected chi connectivity index (χ0v) is 13.9. The van der Waals surface area contributed by atoms with Crippen LogP contribution < -0.4 is 9.47 Å². The van der Waals surface area contributed by atoms with Gasteiger partial charge in [0.05, 0.1) is 25.1 Å². The summed E-state index contributed by atoms with van der Waals surface area (Å²) < 4.78 is 11.5. The third-order valence-corrected chi connectivity index (χ3v) is 3.88. The molecular weight excluding hydrogens is 324 g/mol. The molecule has 1 rings (SSSR count). The monoisotopic (exact) mass is 344 g/mol. The molecule has 0 bridgehead atoms. The number of carboxylic acids is 1. The number of methoxy groups -OCH3 is 2. The minimum absolute atomic E-state index is 0.156. The minimum Gasteiger partial charge on any atom is -0.496 e. The first-order chi connectivity index (χ1) is 9.29. The molecule has 0 spiro atoms. The Hall–Kier alpha value is -1.23. The van der Waals surface area contributed by atoms with Gasteiger partial charge in [0.2, 0.25) is 0 Å². The Morgan fingerprint density at radius 1 is 1.25 bits per heavy atom. The van der Waals surface area contributed by atoms with Crippen molar-refractivity contribution >= 4 is 21.9 Å². The average molecular weight is 345 g/mol. The van der Waals surface area contributed by atoms with Crippen molar-refractivity contribution < 1.29 is 19.4 Å². The number of hydrogen-bond donors (Lipinski definition) is 1. The fraction of sp³-hybridized carbons (Fsp3) is 0.533. The van der Waals surface area contributed by atoms with E-state index in [9.17, 15) is 4.79 Å². The van der Waals surface area contributed by atoms with Gasteiger partial charge in [-0.15, -0.1) is 0 Å². The SMILES string of the molecule is COc1cc(CCC(C)(C)CC(=O)O)c(OC)cc1Br. The Bertz CT molecular complexity index is 483. The Balaban J connectivity index is 2.88. The molecule has 112 valence electrons. The normalized spacial score (nSPS) is 11.2. The highest BCUT2D eigenvalue weighted by Gasteiger charge is 2.22. The van der Waals surface area contributed by atoms with Crippen molar-refractivity contribution in [1.29, 1.82) is 0 Å². The lowest BCUT2D eigenvalue weighted by Crippen LogP contribution is -2.17. The maximum Gasteiger partial charge on any atom is 0.303 e. The summed E-state index contributed by atoms with van der Waals surface area (Å²) in [4.78, 5) is 10.8. The second-order valence-corrected chi connectivity index (χ2v) is 6.39. The van der Waals surface area contributed by atoms with Gasteiger partial charge in [0.1, 0.15) is 11.5 Å². The van der Waals surface area contributed by atoms with Crippen LogP contribution in [0.2, 0.25) is 0 Å². The van der Waals surface area contributed by atoms with E-state index >= 15 is 0 Å². The van der Waals surface area contributed by atoms with Crippen LogP contribution in [-0.2, 0) is 11.2 Å².